The quantitative estimate of drug-likeness (QED) is 0.398. The number of fused-ring (bicyclic) bond motifs is 1. The number of benzene rings is 2. The van der Waals surface area contributed by atoms with Gasteiger partial charge in [0.1, 0.15) is 5.82 Å². The number of hydrogen-bond donors (Lipinski definition) is 1. The predicted octanol–water partition coefficient (Wildman–Crippen LogP) is 5.21. The van der Waals surface area contributed by atoms with Gasteiger partial charge in [-0.25, -0.2) is 9.18 Å². The van der Waals surface area contributed by atoms with E-state index in [4.69, 9.17) is 27.6 Å². The molecule has 0 unspecified atom stereocenters. The number of nitrogens with one attached hydrogen (secondary N) is 1. The molecule has 7 nitrogen and oxygen atoms in total. The van der Waals surface area contributed by atoms with Gasteiger partial charge in [-0.15, -0.1) is 10.2 Å². The second-order valence-electron chi connectivity index (χ2n) is 8.03. The largest absolute Gasteiger partial charge is 0.415 e. The number of piperidine rings is 1. The Morgan fingerprint density at radius 1 is 1.09 bits per heavy atom. The van der Waals surface area contributed by atoms with Crippen molar-refractivity contribution in [1.29, 1.82) is 0 Å². The maximum Gasteiger partial charge on any atom is 0.329 e. The summed E-state index contributed by atoms with van der Waals surface area (Å²) in [6.07, 6.45) is -1.38. The molecule has 0 saturated carbocycles. The maximum atomic E-state index is 15.0. The van der Waals surface area contributed by atoms with Crippen LogP contribution in [0.25, 0.3) is 22.5 Å². The fourth-order valence-corrected chi connectivity index (χ4v) is 4.58. The molecule has 2 aromatic heterocycles. The standard InChI is InChI=1S/C22H18Cl2F3N5O2/c23-14-8-17-18(9-15(14)24)32(13-3-5-28-6-4-13)22(33)31(17)10-12-2-1-11(7-16(12)25)20-29-30-21(34-20)19(26)27/h1-2,7-9,13,19,28H,3-6,10H2. The van der Waals surface area contributed by atoms with Crippen molar-refractivity contribution in [3.63, 3.8) is 0 Å². The number of alkyl halides is 2. The Kier molecular flexibility index (Phi) is 6.13. The van der Waals surface area contributed by atoms with Crippen LogP contribution in [0.1, 0.15) is 36.8 Å². The lowest BCUT2D eigenvalue weighted by Gasteiger charge is -2.23. The van der Waals surface area contributed by atoms with Crippen LogP contribution in [0.5, 0.6) is 0 Å². The Hall–Kier alpha value is -2.82. The SMILES string of the molecule is O=c1n(Cc2ccc(-c3nnc(C(F)F)o3)cc2F)c2cc(Cl)c(Cl)cc2n1C1CCNCC1. The molecule has 0 atom stereocenters. The van der Waals surface area contributed by atoms with E-state index in [0.29, 0.717) is 16.1 Å². The molecule has 1 N–H and O–H groups in total. The summed E-state index contributed by atoms with van der Waals surface area (Å²) in [4.78, 5) is 13.5. The van der Waals surface area contributed by atoms with Crippen LogP contribution in [0.3, 0.4) is 0 Å². The van der Waals surface area contributed by atoms with Gasteiger partial charge >= 0.3 is 12.1 Å². The molecule has 4 aromatic rings. The van der Waals surface area contributed by atoms with Crippen LogP contribution < -0.4 is 11.0 Å². The van der Waals surface area contributed by atoms with E-state index < -0.39 is 18.1 Å². The van der Waals surface area contributed by atoms with E-state index in [1.807, 2.05) is 0 Å². The second kappa shape index (κ2) is 9.09. The molecule has 178 valence electrons. The second-order valence-corrected chi connectivity index (χ2v) is 8.84. The molecule has 1 aliphatic heterocycles. The van der Waals surface area contributed by atoms with E-state index in [9.17, 15) is 13.6 Å². The monoisotopic (exact) mass is 511 g/mol. The van der Waals surface area contributed by atoms with Gasteiger partial charge in [-0.2, -0.15) is 8.78 Å². The Morgan fingerprint density at radius 2 is 1.79 bits per heavy atom. The molecule has 0 aliphatic carbocycles. The predicted molar refractivity (Wildman–Crippen MR) is 121 cm³/mol. The molecule has 1 saturated heterocycles. The van der Waals surface area contributed by atoms with Gasteiger partial charge in [0.2, 0.25) is 5.89 Å². The summed E-state index contributed by atoms with van der Waals surface area (Å²) in [6.45, 7) is 1.50. The Morgan fingerprint density at radius 3 is 2.44 bits per heavy atom. The molecule has 5 rings (SSSR count). The van der Waals surface area contributed by atoms with Gasteiger partial charge in [0.25, 0.3) is 5.89 Å². The van der Waals surface area contributed by atoms with Crippen molar-refractivity contribution in [2.75, 3.05) is 13.1 Å². The highest BCUT2D eigenvalue weighted by Gasteiger charge is 2.24. The van der Waals surface area contributed by atoms with Gasteiger partial charge in [-0.05, 0) is 50.2 Å². The van der Waals surface area contributed by atoms with Gasteiger partial charge in [-0.3, -0.25) is 9.13 Å². The van der Waals surface area contributed by atoms with E-state index in [1.54, 1.807) is 16.7 Å². The fraction of sp³-hybridized carbons (Fsp3) is 0.318. The van der Waals surface area contributed by atoms with Crippen molar-refractivity contribution in [3.05, 3.63) is 68.1 Å². The highest BCUT2D eigenvalue weighted by Crippen LogP contribution is 2.31. The first kappa shape index (κ1) is 22.9. The normalized spacial score (nSPS) is 15.0. The average molecular weight is 512 g/mol. The van der Waals surface area contributed by atoms with Crippen molar-refractivity contribution in [3.8, 4) is 11.5 Å². The number of rotatable bonds is 5. The van der Waals surface area contributed by atoms with Crippen LogP contribution >= 0.6 is 23.2 Å². The topological polar surface area (TPSA) is 77.9 Å². The zero-order valence-electron chi connectivity index (χ0n) is 17.6. The van der Waals surface area contributed by atoms with Crippen LogP contribution in [0.15, 0.2) is 39.5 Å². The number of aromatic nitrogens is 4. The first-order valence-corrected chi connectivity index (χ1v) is 11.3. The molecule has 0 radical (unpaired) electrons. The van der Waals surface area contributed by atoms with Crippen molar-refractivity contribution >= 4 is 34.2 Å². The molecule has 1 fully saturated rings. The smallest absolute Gasteiger partial charge is 0.329 e. The van der Waals surface area contributed by atoms with Crippen LogP contribution in [-0.4, -0.2) is 32.4 Å². The van der Waals surface area contributed by atoms with E-state index in [0.717, 1.165) is 32.0 Å². The molecule has 0 bridgehead atoms. The minimum Gasteiger partial charge on any atom is -0.415 e. The highest BCUT2D eigenvalue weighted by atomic mass is 35.5. The Bertz CT molecular complexity index is 1430. The Labute approximate surface area is 201 Å². The third-order valence-electron chi connectivity index (χ3n) is 5.93. The molecule has 0 amide bonds. The number of nitrogens with zero attached hydrogens (tertiary/aromatic N) is 4. The fourth-order valence-electron chi connectivity index (χ4n) is 4.26. The van der Waals surface area contributed by atoms with Crippen LogP contribution in [0.2, 0.25) is 10.0 Å². The van der Waals surface area contributed by atoms with Crippen molar-refractivity contribution in [2.45, 2.75) is 31.9 Å². The molecule has 34 heavy (non-hydrogen) atoms. The first-order chi connectivity index (χ1) is 16.3. The van der Waals surface area contributed by atoms with Gasteiger partial charge in [0, 0.05) is 17.2 Å². The van der Waals surface area contributed by atoms with Gasteiger partial charge in [0.05, 0.1) is 27.6 Å². The average Bonchev–Trinajstić information content (AvgIpc) is 3.41. The van der Waals surface area contributed by atoms with E-state index in [1.165, 1.54) is 16.7 Å². The summed E-state index contributed by atoms with van der Waals surface area (Å²) in [6, 6.07) is 7.28. The van der Waals surface area contributed by atoms with Crippen molar-refractivity contribution in [1.82, 2.24) is 24.6 Å². The summed E-state index contributed by atoms with van der Waals surface area (Å²) >= 11 is 12.5. The van der Waals surface area contributed by atoms with Gasteiger partial charge in [-0.1, -0.05) is 29.3 Å². The molecular weight excluding hydrogens is 494 g/mol. The summed E-state index contributed by atoms with van der Waals surface area (Å²) in [7, 11) is 0. The lowest BCUT2D eigenvalue weighted by Crippen LogP contribution is -2.35. The number of hydrogen-bond acceptors (Lipinski definition) is 5. The van der Waals surface area contributed by atoms with E-state index in [-0.39, 0.29) is 40.3 Å². The van der Waals surface area contributed by atoms with Crippen molar-refractivity contribution < 1.29 is 17.6 Å². The third-order valence-corrected chi connectivity index (χ3v) is 6.66. The number of imidazole rings is 1. The zero-order valence-corrected chi connectivity index (χ0v) is 19.1. The summed E-state index contributed by atoms with van der Waals surface area (Å²) < 4.78 is 48.5. The van der Waals surface area contributed by atoms with E-state index in [2.05, 4.69) is 15.5 Å². The van der Waals surface area contributed by atoms with E-state index >= 15 is 4.39 Å². The molecule has 0 spiro atoms. The summed E-state index contributed by atoms with van der Waals surface area (Å²) in [5.41, 5.74) is 1.26. The lowest BCUT2D eigenvalue weighted by molar-refractivity contribution is 0.116. The lowest BCUT2D eigenvalue weighted by atomic mass is 10.1. The van der Waals surface area contributed by atoms with Crippen LogP contribution in [-0.2, 0) is 6.54 Å². The summed E-state index contributed by atoms with van der Waals surface area (Å²) in [5.74, 6) is -1.71. The highest BCUT2D eigenvalue weighted by molar-refractivity contribution is 6.42. The molecule has 3 heterocycles. The molecule has 12 heteroatoms. The zero-order chi connectivity index (χ0) is 24.0. The summed E-state index contributed by atoms with van der Waals surface area (Å²) in [5, 5.41) is 10.7. The Balaban J connectivity index is 1.55. The van der Waals surface area contributed by atoms with Gasteiger partial charge < -0.3 is 9.73 Å². The maximum absolute atomic E-state index is 15.0. The molecule has 2 aromatic carbocycles. The first-order valence-electron chi connectivity index (χ1n) is 10.5. The minimum atomic E-state index is -2.92. The molecule has 1 aliphatic rings. The van der Waals surface area contributed by atoms with Crippen molar-refractivity contribution in [2.24, 2.45) is 0 Å². The van der Waals surface area contributed by atoms with Crippen LogP contribution in [0, 0.1) is 5.82 Å². The third kappa shape index (κ3) is 4.10. The molecular formula is C22H18Cl2F3N5O2. The van der Waals surface area contributed by atoms with Crippen LogP contribution in [0.4, 0.5) is 13.2 Å². The minimum absolute atomic E-state index is 0.0245. The number of halogens is 5. The van der Waals surface area contributed by atoms with Gasteiger partial charge in [0.15, 0.2) is 0 Å².